The summed E-state index contributed by atoms with van der Waals surface area (Å²) in [7, 11) is 0. The number of hydrogen-bond acceptors (Lipinski definition) is 3. The van der Waals surface area contributed by atoms with Gasteiger partial charge in [-0.25, -0.2) is 0 Å². The Morgan fingerprint density at radius 2 is 1.59 bits per heavy atom. The van der Waals surface area contributed by atoms with E-state index in [9.17, 15) is 9.59 Å². The van der Waals surface area contributed by atoms with Gasteiger partial charge in [0.2, 0.25) is 5.91 Å². The minimum atomic E-state index is -0.497. The van der Waals surface area contributed by atoms with Gasteiger partial charge in [-0.15, -0.1) is 12.4 Å². The van der Waals surface area contributed by atoms with Crippen LogP contribution >= 0.6 is 12.4 Å². The van der Waals surface area contributed by atoms with Gasteiger partial charge in [-0.3, -0.25) is 9.59 Å². The van der Waals surface area contributed by atoms with Gasteiger partial charge in [0, 0.05) is 25.2 Å². The summed E-state index contributed by atoms with van der Waals surface area (Å²) in [4.78, 5) is 24.0. The molecule has 0 aliphatic carbocycles. The molecule has 0 aliphatic heterocycles. The summed E-state index contributed by atoms with van der Waals surface area (Å²) in [6.45, 7) is 5.06. The van der Waals surface area contributed by atoms with E-state index in [1.165, 1.54) is 0 Å². The van der Waals surface area contributed by atoms with Crippen molar-refractivity contribution in [2.75, 3.05) is 19.6 Å². The second-order valence-electron chi connectivity index (χ2n) is 5.07. The van der Waals surface area contributed by atoms with Gasteiger partial charge in [-0.1, -0.05) is 32.0 Å². The number of rotatable bonds is 8. The molecule has 1 aromatic rings. The molecule has 0 heterocycles. The van der Waals surface area contributed by atoms with Crippen molar-refractivity contribution in [3.63, 3.8) is 0 Å². The maximum Gasteiger partial charge on any atom is 0.251 e. The fraction of sp³-hybridized carbons (Fsp3) is 0.500. The van der Waals surface area contributed by atoms with Gasteiger partial charge in [0.25, 0.3) is 5.91 Å². The van der Waals surface area contributed by atoms with Gasteiger partial charge in [-0.2, -0.15) is 0 Å². The lowest BCUT2D eigenvalue weighted by atomic mass is 9.81. The Morgan fingerprint density at radius 3 is 2.09 bits per heavy atom. The summed E-state index contributed by atoms with van der Waals surface area (Å²) in [6, 6.07) is 8.99. The molecule has 0 aromatic heterocycles. The van der Waals surface area contributed by atoms with Crippen molar-refractivity contribution in [2.45, 2.75) is 26.7 Å². The predicted octanol–water partition coefficient (Wildman–Crippen LogP) is 1.72. The van der Waals surface area contributed by atoms with E-state index in [4.69, 9.17) is 5.73 Å². The number of nitrogens with two attached hydrogens (primary N) is 1. The molecule has 0 aliphatic rings. The highest BCUT2D eigenvalue weighted by Gasteiger charge is 2.32. The van der Waals surface area contributed by atoms with Crippen molar-refractivity contribution in [3.05, 3.63) is 35.9 Å². The van der Waals surface area contributed by atoms with E-state index in [2.05, 4.69) is 10.6 Å². The molecule has 0 saturated carbocycles. The Labute approximate surface area is 138 Å². The first-order chi connectivity index (χ1) is 10.1. The molecule has 1 aromatic carbocycles. The molecule has 6 heteroatoms. The molecule has 124 valence electrons. The number of benzene rings is 1. The molecule has 22 heavy (non-hydrogen) atoms. The molecule has 0 atom stereocenters. The second kappa shape index (κ2) is 10.2. The van der Waals surface area contributed by atoms with E-state index in [1.807, 2.05) is 32.0 Å². The quantitative estimate of drug-likeness (QED) is 0.636. The van der Waals surface area contributed by atoms with E-state index in [-0.39, 0.29) is 24.2 Å². The SMILES string of the molecule is CCC(CC)(CN)C(=O)NCCNC(=O)c1ccccc1.Cl. The van der Waals surface area contributed by atoms with E-state index in [1.54, 1.807) is 12.1 Å². The van der Waals surface area contributed by atoms with Crippen LogP contribution in [0.15, 0.2) is 30.3 Å². The minimum Gasteiger partial charge on any atom is -0.354 e. The zero-order valence-electron chi connectivity index (χ0n) is 13.2. The first-order valence-corrected chi connectivity index (χ1v) is 7.41. The molecule has 0 radical (unpaired) electrons. The number of amides is 2. The molecule has 5 nitrogen and oxygen atoms in total. The van der Waals surface area contributed by atoms with E-state index >= 15 is 0 Å². The number of nitrogens with one attached hydrogen (secondary N) is 2. The Balaban J connectivity index is 0.00000441. The van der Waals surface area contributed by atoms with Crippen molar-refractivity contribution >= 4 is 24.2 Å². The number of hydrogen-bond donors (Lipinski definition) is 3. The van der Waals surface area contributed by atoms with Crippen LogP contribution in [0.2, 0.25) is 0 Å². The standard InChI is InChI=1S/C16H25N3O2.ClH/c1-3-16(4-2,12-17)15(21)19-11-10-18-14(20)13-8-6-5-7-9-13;/h5-9H,3-4,10-12,17H2,1-2H3,(H,18,20)(H,19,21);1H. The van der Waals surface area contributed by atoms with Crippen LogP contribution in [0.3, 0.4) is 0 Å². The summed E-state index contributed by atoms with van der Waals surface area (Å²) in [5, 5.41) is 5.62. The Hall–Kier alpha value is -1.59. The molecule has 0 fully saturated rings. The first kappa shape index (κ1) is 20.4. The topological polar surface area (TPSA) is 84.2 Å². The number of carbonyl (C=O) groups excluding carboxylic acids is 2. The zero-order chi connectivity index (χ0) is 15.7. The van der Waals surface area contributed by atoms with Crippen LogP contribution in [0.25, 0.3) is 0 Å². The molecule has 0 saturated heterocycles. The van der Waals surface area contributed by atoms with Crippen LogP contribution in [0.4, 0.5) is 0 Å². The third-order valence-electron chi connectivity index (χ3n) is 3.96. The van der Waals surface area contributed by atoms with E-state index in [0.717, 1.165) is 0 Å². The number of carbonyl (C=O) groups is 2. The van der Waals surface area contributed by atoms with Crippen molar-refractivity contribution in [1.29, 1.82) is 0 Å². The smallest absolute Gasteiger partial charge is 0.251 e. The Morgan fingerprint density at radius 1 is 1.05 bits per heavy atom. The highest BCUT2D eigenvalue weighted by atomic mass is 35.5. The fourth-order valence-corrected chi connectivity index (χ4v) is 2.18. The van der Waals surface area contributed by atoms with Gasteiger partial charge < -0.3 is 16.4 Å². The van der Waals surface area contributed by atoms with E-state index in [0.29, 0.717) is 38.0 Å². The van der Waals surface area contributed by atoms with Crippen molar-refractivity contribution < 1.29 is 9.59 Å². The monoisotopic (exact) mass is 327 g/mol. The second-order valence-corrected chi connectivity index (χ2v) is 5.07. The van der Waals surface area contributed by atoms with Crippen LogP contribution < -0.4 is 16.4 Å². The van der Waals surface area contributed by atoms with Crippen LogP contribution in [0, 0.1) is 5.41 Å². The maximum atomic E-state index is 12.2. The highest BCUT2D eigenvalue weighted by molar-refractivity contribution is 5.94. The number of halogens is 1. The van der Waals surface area contributed by atoms with Gasteiger partial charge >= 0.3 is 0 Å². The molecular formula is C16H26ClN3O2. The van der Waals surface area contributed by atoms with E-state index < -0.39 is 5.41 Å². The summed E-state index contributed by atoms with van der Waals surface area (Å²) < 4.78 is 0. The molecule has 1 rings (SSSR count). The van der Waals surface area contributed by atoms with Crippen LogP contribution in [0.1, 0.15) is 37.0 Å². The lowest BCUT2D eigenvalue weighted by molar-refractivity contribution is -0.130. The van der Waals surface area contributed by atoms with Gasteiger partial charge in [0.15, 0.2) is 0 Å². The average molecular weight is 328 g/mol. The summed E-state index contributed by atoms with van der Waals surface area (Å²) in [5.74, 6) is -0.176. The van der Waals surface area contributed by atoms with Crippen molar-refractivity contribution in [2.24, 2.45) is 11.1 Å². The van der Waals surface area contributed by atoms with Crippen LogP contribution in [-0.2, 0) is 4.79 Å². The predicted molar refractivity (Wildman–Crippen MR) is 91.1 cm³/mol. The minimum absolute atomic E-state index is 0. The third-order valence-corrected chi connectivity index (χ3v) is 3.96. The zero-order valence-corrected chi connectivity index (χ0v) is 14.0. The molecule has 0 bridgehead atoms. The molecule has 4 N–H and O–H groups in total. The first-order valence-electron chi connectivity index (χ1n) is 7.41. The van der Waals surface area contributed by atoms with Gasteiger partial charge in [-0.05, 0) is 25.0 Å². The lowest BCUT2D eigenvalue weighted by Gasteiger charge is -2.28. The van der Waals surface area contributed by atoms with Crippen LogP contribution in [0.5, 0.6) is 0 Å². The third kappa shape index (κ3) is 5.31. The highest BCUT2D eigenvalue weighted by Crippen LogP contribution is 2.24. The largest absolute Gasteiger partial charge is 0.354 e. The Kier molecular flexibility index (Phi) is 9.45. The summed E-state index contributed by atoms with van der Waals surface area (Å²) in [6.07, 6.45) is 1.42. The fourth-order valence-electron chi connectivity index (χ4n) is 2.18. The molecule has 0 spiro atoms. The average Bonchev–Trinajstić information content (AvgIpc) is 2.54. The summed E-state index contributed by atoms with van der Waals surface area (Å²) in [5.41, 5.74) is 5.84. The van der Waals surface area contributed by atoms with Crippen molar-refractivity contribution in [1.82, 2.24) is 10.6 Å². The van der Waals surface area contributed by atoms with Crippen molar-refractivity contribution in [3.8, 4) is 0 Å². The van der Waals surface area contributed by atoms with Crippen LogP contribution in [-0.4, -0.2) is 31.4 Å². The molecular weight excluding hydrogens is 302 g/mol. The molecule has 2 amide bonds. The maximum absolute atomic E-state index is 12.2. The van der Waals surface area contributed by atoms with Gasteiger partial charge in [0.05, 0.1) is 5.41 Å². The summed E-state index contributed by atoms with van der Waals surface area (Å²) >= 11 is 0. The van der Waals surface area contributed by atoms with Gasteiger partial charge in [0.1, 0.15) is 0 Å². The Bertz CT molecular complexity index is 453. The molecule has 0 unspecified atom stereocenters. The normalized spacial score (nSPS) is 10.5. The lowest BCUT2D eigenvalue weighted by Crippen LogP contribution is -2.47.